The van der Waals surface area contributed by atoms with Crippen LogP contribution in [0.5, 0.6) is 0 Å². The van der Waals surface area contributed by atoms with Gasteiger partial charge in [0, 0.05) is 31.0 Å². The van der Waals surface area contributed by atoms with E-state index < -0.39 is 11.6 Å². The Morgan fingerprint density at radius 1 is 1.32 bits per heavy atom. The van der Waals surface area contributed by atoms with Crippen molar-refractivity contribution in [1.29, 1.82) is 5.26 Å². The number of aryl methyl sites for hydroxylation is 1. The largest absolute Gasteiger partial charge is 0.328 e. The third-order valence-corrected chi connectivity index (χ3v) is 3.43. The molecule has 0 saturated heterocycles. The third kappa shape index (κ3) is 2.19. The summed E-state index contributed by atoms with van der Waals surface area (Å²) in [6.07, 6.45) is 3.30. The second-order valence-corrected chi connectivity index (χ2v) is 4.91. The molecule has 19 heavy (non-hydrogen) atoms. The maximum absolute atomic E-state index is 13.4. The predicted octanol–water partition coefficient (Wildman–Crippen LogP) is 3.50. The second kappa shape index (κ2) is 4.61. The summed E-state index contributed by atoms with van der Waals surface area (Å²) >= 11 is 0. The van der Waals surface area contributed by atoms with Crippen molar-refractivity contribution in [1.82, 2.24) is 9.55 Å². The van der Waals surface area contributed by atoms with Crippen LogP contribution in [0.4, 0.5) is 8.78 Å². The van der Waals surface area contributed by atoms with E-state index in [4.69, 9.17) is 5.26 Å². The maximum atomic E-state index is 13.4. The van der Waals surface area contributed by atoms with Crippen molar-refractivity contribution in [3.8, 4) is 6.07 Å². The highest BCUT2D eigenvalue weighted by Crippen LogP contribution is 2.41. The number of nitrogens with zero attached hydrogens (tertiary/aromatic N) is 3. The average molecular weight is 261 g/mol. The lowest BCUT2D eigenvalue weighted by atomic mass is 10.2. The number of nitriles is 1. The van der Waals surface area contributed by atoms with Crippen LogP contribution < -0.4 is 0 Å². The minimum absolute atomic E-state index is 0.403. The summed E-state index contributed by atoms with van der Waals surface area (Å²) in [4.78, 5) is 4.43. The Kier molecular flexibility index (Phi) is 2.94. The van der Waals surface area contributed by atoms with E-state index >= 15 is 0 Å². The fourth-order valence-corrected chi connectivity index (χ4v) is 2.34. The Bertz CT molecular complexity index is 665. The van der Waals surface area contributed by atoms with Crippen LogP contribution in [0.1, 0.15) is 37.4 Å². The zero-order valence-electron chi connectivity index (χ0n) is 10.4. The maximum Gasteiger partial charge on any atom is 0.161 e. The fraction of sp³-hybridized carbons (Fsp3) is 0.429. The number of hydrogen-bond donors (Lipinski definition) is 0. The summed E-state index contributed by atoms with van der Waals surface area (Å²) in [7, 11) is 0. The molecule has 1 saturated carbocycles. The Balaban J connectivity index is 2.06. The van der Waals surface area contributed by atoms with E-state index in [1.165, 1.54) is 6.07 Å². The molecule has 0 amide bonds. The SMILES string of the molecule is N#CCCCn1c(C2CC2)nc2cc(F)c(F)cc21. The molecule has 3 nitrogen and oxygen atoms in total. The van der Waals surface area contributed by atoms with Crippen molar-refractivity contribution < 1.29 is 8.78 Å². The molecular weight excluding hydrogens is 248 g/mol. The number of imidazole rings is 1. The van der Waals surface area contributed by atoms with Crippen LogP contribution in [0.25, 0.3) is 11.0 Å². The highest BCUT2D eigenvalue weighted by atomic mass is 19.2. The van der Waals surface area contributed by atoms with Crippen LogP contribution in [-0.2, 0) is 6.54 Å². The zero-order valence-corrected chi connectivity index (χ0v) is 10.4. The molecule has 98 valence electrons. The van der Waals surface area contributed by atoms with Crippen LogP contribution in [0, 0.1) is 23.0 Å². The number of benzene rings is 1. The first-order valence-corrected chi connectivity index (χ1v) is 6.43. The topological polar surface area (TPSA) is 41.6 Å². The normalized spacial score (nSPS) is 14.8. The molecule has 1 aliphatic rings. The second-order valence-electron chi connectivity index (χ2n) is 4.91. The monoisotopic (exact) mass is 261 g/mol. The van der Waals surface area contributed by atoms with Gasteiger partial charge in [-0.3, -0.25) is 0 Å². The standard InChI is InChI=1S/C14H13F2N3/c15-10-7-12-13(8-11(10)16)19(6-2-1-5-17)14(18-12)9-3-4-9/h7-9H,1-4,6H2. The molecule has 0 radical (unpaired) electrons. The van der Waals surface area contributed by atoms with Crippen molar-refractivity contribution in [2.45, 2.75) is 38.1 Å². The van der Waals surface area contributed by atoms with Gasteiger partial charge in [0.2, 0.25) is 0 Å². The minimum Gasteiger partial charge on any atom is -0.328 e. The Morgan fingerprint density at radius 3 is 2.74 bits per heavy atom. The fourth-order valence-electron chi connectivity index (χ4n) is 2.34. The summed E-state index contributed by atoms with van der Waals surface area (Å²) in [5.74, 6) is -0.411. The van der Waals surface area contributed by atoms with Crippen LogP contribution >= 0.6 is 0 Å². The smallest absolute Gasteiger partial charge is 0.161 e. The van der Waals surface area contributed by atoms with Gasteiger partial charge in [-0.1, -0.05) is 0 Å². The molecule has 5 heteroatoms. The first-order chi connectivity index (χ1) is 9.20. The molecule has 0 bridgehead atoms. The van der Waals surface area contributed by atoms with E-state index in [1.807, 2.05) is 4.57 Å². The molecule has 0 atom stereocenters. The van der Waals surface area contributed by atoms with Gasteiger partial charge in [0.25, 0.3) is 0 Å². The van der Waals surface area contributed by atoms with E-state index in [9.17, 15) is 8.78 Å². The summed E-state index contributed by atoms with van der Waals surface area (Å²) < 4.78 is 28.6. The Hall–Kier alpha value is -1.96. The summed E-state index contributed by atoms with van der Waals surface area (Å²) in [6, 6.07) is 4.45. The number of hydrogen-bond acceptors (Lipinski definition) is 2. The number of halogens is 2. The van der Waals surface area contributed by atoms with Gasteiger partial charge in [0.05, 0.1) is 17.1 Å². The zero-order chi connectivity index (χ0) is 13.4. The van der Waals surface area contributed by atoms with E-state index in [0.717, 1.165) is 24.7 Å². The molecule has 3 rings (SSSR count). The van der Waals surface area contributed by atoms with Crippen LogP contribution in [-0.4, -0.2) is 9.55 Å². The van der Waals surface area contributed by atoms with Crippen molar-refractivity contribution in [2.75, 3.05) is 0 Å². The van der Waals surface area contributed by atoms with Gasteiger partial charge in [0.15, 0.2) is 11.6 Å². The highest BCUT2D eigenvalue weighted by molar-refractivity contribution is 5.76. The molecule has 1 aromatic carbocycles. The van der Waals surface area contributed by atoms with Gasteiger partial charge >= 0.3 is 0 Å². The van der Waals surface area contributed by atoms with Crippen molar-refractivity contribution in [2.24, 2.45) is 0 Å². The van der Waals surface area contributed by atoms with Crippen LogP contribution in [0.3, 0.4) is 0 Å². The quantitative estimate of drug-likeness (QED) is 0.790. The number of rotatable bonds is 4. The van der Waals surface area contributed by atoms with E-state index in [0.29, 0.717) is 36.3 Å². The molecule has 0 N–H and O–H groups in total. The first kappa shape index (κ1) is 12.1. The molecule has 0 spiro atoms. The van der Waals surface area contributed by atoms with Gasteiger partial charge in [-0.2, -0.15) is 5.26 Å². The minimum atomic E-state index is -0.864. The van der Waals surface area contributed by atoms with Crippen molar-refractivity contribution in [3.63, 3.8) is 0 Å². The van der Waals surface area contributed by atoms with Gasteiger partial charge < -0.3 is 4.57 Å². The lowest BCUT2D eigenvalue weighted by Crippen LogP contribution is -2.03. The molecule has 1 fully saturated rings. The summed E-state index contributed by atoms with van der Waals surface area (Å²) in [6.45, 7) is 0.626. The van der Waals surface area contributed by atoms with Gasteiger partial charge in [-0.05, 0) is 19.3 Å². The summed E-state index contributed by atoms with van der Waals surface area (Å²) in [5.41, 5.74) is 1.12. The lowest BCUT2D eigenvalue weighted by Gasteiger charge is -2.07. The molecule has 1 aromatic heterocycles. The molecule has 0 unspecified atom stereocenters. The van der Waals surface area contributed by atoms with Gasteiger partial charge in [-0.25, -0.2) is 13.8 Å². The van der Waals surface area contributed by atoms with Crippen molar-refractivity contribution >= 4 is 11.0 Å². The molecule has 1 heterocycles. The predicted molar refractivity (Wildman–Crippen MR) is 66.5 cm³/mol. The molecule has 2 aromatic rings. The first-order valence-electron chi connectivity index (χ1n) is 6.43. The van der Waals surface area contributed by atoms with Crippen LogP contribution in [0.2, 0.25) is 0 Å². The molecule has 1 aliphatic carbocycles. The van der Waals surface area contributed by atoms with E-state index in [1.54, 1.807) is 0 Å². The average Bonchev–Trinajstić information content (AvgIpc) is 3.17. The van der Waals surface area contributed by atoms with E-state index in [2.05, 4.69) is 11.1 Å². The Labute approximate surface area is 109 Å². The number of aromatic nitrogens is 2. The highest BCUT2D eigenvalue weighted by Gasteiger charge is 2.29. The van der Waals surface area contributed by atoms with Crippen molar-refractivity contribution in [3.05, 3.63) is 29.6 Å². The molecule has 0 aliphatic heterocycles. The Morgan fingerprint density at radius 2 is 2.05 bits per heavy atom. The van der Waals surface area contributed by atoms with Gasteiger partial charge in [0.1, 0.15) is 5.82 Å². The number of fused-ring (bicyclic) bond motifs is 1. The van der Waals surface area contributed by atoms with Gasteiger partial charge in [-0.15, -0.1) is 0 Å². The van der Waals surface area contributed by atoms with Crippen LogP contribution in [0.15, 0.2) is 12.1 Å². The van der Waals surface area contributed by atoms with E-state index in [-0.39, 0.29) is 0 Å². The third-order valence-electron chi connectivity index (χ3n) is 3.43. The lowest BCUT2D eigenvalue weighted by molar-refractivity contribution is 0.510. The number of unbranched alkanes of at least 4 members (excludes halogenated alkanes) is 1. The molecular formula is C14H13F2N3. The summed E-state index contributed by atoms with van der Waals surface area (Å²) in [5, 5.41) is 8.60.